The first-order valence-electron chi connectivity index (χ1n) is 9.17. The SMILES string of the molecule is CN1CCCC[C@@H]1C(=O)CCC1c2ccccc2-c2ccccc21. The summed E-state index contributed by atoms with van der Waals surface area (Å²) >= 11 is 0. The van der Waals surface area contributed by atoms with E-state index in [1.165, 1.54) is 35.1 Å². The minimum atomic E-state index is 0.144. The molecule has 24 heavy (non-hydrogen) atoms. The second kappa shape index (κ2) is 6.52. The summed E-state index contributed by atoms with van der Waals surface area (Å²) in [6.45, 7) is 1.06. The summed E-state index contributed by atoms with van der Waals surface area (Å²) in [4.78, 5) is 15.0. The third kappa shape index (κ3) is 2.69. The maximum absolute atomic E-state index is 12.7. The second-order valence-corrected chi connectivity index (χ2v) is 7.22. The Morgan fingerprint density at radius 2 is 1.62 bits per heavy atom. The van der Waals surface area contributed by atoms with Gasteiger partial charge < -0.3 is 0 Å². The van der Waals surface area contributed by atoms with Crippen molar-refractivity contribution >= 4 is 5.78 Å². The first kappa shape index (κ1) is 15.6. The molecule has 1 heterocycles. The van der Waals surface area contributed by atoms with Gasteiger partial charge in [0.05, 0.1) is 6.04 Å². The third-order valence-corrected chi connectivity index (χ3v) is 5.78. The van der Waals surface area contributed by atoms with Gasteiger partial charge >= 0.3 is 0 Å². The summed E-state index contributed by atoms with van der Waals surface area (Å²) in [5.41, 5.74) is 5.48. The fourth-order valence-electron chi connectivity index (χ4n) is 4.51. The number of carbonyl (C=O) groups is 1. The molecule has 1 saturated heterocycles. The minimum absolute atomic E-state index is 0.144. The first-order valence-corrected chi connectivity index (χ1v) is 9.17. The molecule has 0 radical (unpaired) electrons. The number of likely N-dealkylation sites (N-methyl/N-ethyl adjacent to an activating group) is 1. The lowest BCUT2D eigenvalue weighted by Gasteiger charge is -2.31. The van der Waals surface area contributed by atoms with Crippen LogP contribution in [-0.4, -0.2) is 30.3 Å². The molecule has 0 saturated carbocycles. The highest BCUT2D eigenvalue weighted by Crippen LogP contribution is 2.46. The molecule has 2 nitrogen and oxygen atoms in total. The van der Waals surface area contributed by atoms with Gasteiger partial charge in [0.1, 0.15) is 5.78 Å². The number of hydrogen-bond acceptors (Lipinski definition) is 2. The van der Waals surface area contributed by atoms with E-state index in [9.17, 15) is 4.79 Å². The van der Waals surface area contributed by atoms with E-state index in [4.69, 9.17) is 0 Å². The fraction of sp³-hybridized carbons (Fsp3) is 0.409. The lowest BCUT2D eigenvalue weighted by Crippen LogP contribution is -2.41. The van der Waals surface area contributed by atoms with Crippen LogP contribution in [0, 0.1) is 0 Å². The van der Waals surface area contributed by atoms with Crippen molar-refractivity contribution in [2.24, 2.45) is 0 Å². The van der Waals surface area contributed by atoms with Gasteiger partial charge in [0.15, 0.2) is 0 Å². The van der Waals surface area contributed by atoms with Crippen LogP contribution in [0.25, 0.3) is 11.1 Å². The lowest BCUT2D eigenvalue weighted by molar-refractivity contribution is -0.125. The molecule has 1 fully saturated rings. The van der Waals surface area contributed by atoms with Gasteiger partial charge in [-0.3, -0.25) is 9.69 Å². The van der Waals surface area contributed by atoms with Gasteiger partial charge in [-0.1, -0.05) is 55.0 Å². The van der Waals surface area contributed by atoms with Gasteiger partial charge in [-0.15, -0.1) is 0 Å². The van der Waals surface area contributed by atoms with Gasteiger partial charge in [-0.05, 0) is 55.1 Å². The van der Waals surface area contributed by atoms with E-state index in [0.29, 0.717) is 18.1 Å². The second-order valence-electron chi connectivity index (χ2n) is 7.22. The lowest BCUT2D eigenvalue weighted by atomic mass is 9.89. The zero-order valence-electron chi connectivity index (χ0n) is 14.4. The van der Waals surface area contributed by atoms with E-state index in [-0.39, 0.29) is 6.04 Å². The summed E-state index contributed by atoms with van der Waals surface area (Å²) < 4.78 is 0. The zero-order valence-corrected chi connectivity index (χ0v) is 14.4. The van der Waals surface area contributed by atoms with E-state index in [1.807, 2.05) is 0 Å². The molecular weight excluding hydrogens is 294 g/mol. The van der Waals surface area contributed by atoms with Crippen molar-refractivity contribution in [1.82, 2.24) is 4.90 Å². The maximum atomic E-state index is 12.7. The number of benzene rings is 2. The van der Waals surface area contributed by atoms with Crippen LogP contribution in [0.1, 0.15) is 49.1 Å². The molecule has 0 unspecified atom stereocenters. The van der Waals surface area contributed by atoms with Gasteiger partial charge in [0, 0.05) is 12.3 Å². The number of hydrogen-bond donors (Lipinski definition) is 0. The largest absolute Gasteiger partial charge is 0.298 e. The number of ketones is 1. The Balaban J connectivity index is 1.53. The van der Waals surface area contributed by atoms with E-state index in [0.717, 1.165) is 19.4 Å². The van der Waals surface area contributed by atoms with Gasteiger partial charge in [-0.2, -0.15) is 0 Å². The number of likely N-dealkylation sites (tertiary alicyclic amines) is 1. The minimum Gasteiger partial charge on any atom is -0.298 e. The van der Waals surface area contributed by atoms with Gasteiger partial charge in [-0.25, -0.2) is 0 Å². The summed E-state index contributed by atoms with van der Waals surface area (Å²) in [5.74, 6) is 0.800. The number of piperidine rings is 1. The molecule has 2 aliphatic rings. The third-order valence-electron chi connectivity index (χ3n) is 5.78. The number of rotatable bonds is 4. The van der Waals surface area contributed by atoms with Crippen LogP contribution in [0.2, 0.25) is 0 Å². The van der Waals surface area contributed by atoms with Crippen molar-refractivity contribution in [3.8, 4) is 11.1 Å². The molecule has 0 bridgehead atoms. The molecule has 2 aromatic carbocycles. The van der Waals surface area contributed by atoms with Crippen LogP contribution in [-0.2, 0) is 4.79 Å². The van der Waals surface area contributed by atoms with Crippen LogP contribution in [0.5, 0.6) is 0 Å². The van der Waals surface area contributed by atoms with Crippen molar-refractivity contribution in [3.05, 3.63) is 59.7 Å². The Morgan fingerprint density at radius 3 is 2.25 bits per heavy atom. The summed E-state index contributed by atoms with van der Waals surface area (Å²) in [5, 5.41) is 0. The molecular formula is C22H25NO. The van der Waals surface area contributed by atoms with E-state index < -0.39 is 0 Å². The number of Topliss-reactive ketones (excluding diaryl/α,β-unsaturated/α-hetero) is 1. The summed E-state index contributed by atoms with van der Waals surface area (Å²) in [6.07, 6.45) is 5.06. The molecule has 2 heteroatoms. The van der Waals surface area contributed by atoms with Crippen LogP contribution in [0.4, 0.5) is 0 Å². The number of nitrogens with zero attached hydrogens (tertiary/aromatic N) is 1. The van der Waals surface area contributed by atoms with Crippen LogP contribution < -0.4 is 0 Å². The molecule has 0 spiro atoms. The molecule has 1 aliphatic heterocycles. The van der Waals surface area contributed by atoms with Crippen molar-refractivity contribution in [2.75, 3.05) is 13.6 Å². The molecule has 0 amide bonds. The average Bonchev–Trinajstić information content (AvgIpc) is 2.94. The molecule has 1 aliphatic carbocycles. The topological polar surface area (TPSA) is 20.3 Å². The Morgan fingerprint density at radius 1 is 1.00 bits per heavy atom. The Hall–Kier alpha value is -1.93. The first-order chi connectivity index (χ1) is 11.8. The highest BCUT2D eigenvalue weighted by Gasteiger charge is 2.30. The molecule has 124 valence electrons. The van der Waals surface area contributed by atoms with E-state index >= 15 is 0 Å². The highest BCUT2D eigenvalue weighted by atomic mass is 16.1. The van der Waals surface area contributed by atoms with Crippen LogP contribution in [0.15, 0.2) is 48.5 Å². The Bertz CT molecular complexity index is 706. The fourth-order valence-corrected chi connectivity index (χ4v) is 4.51. The normalized spacial score (nSPS) is 20.6. The quantitative estimate of drug-likeness (QED) is 0.819. The molecule has 0 aromatic heterocycles. The summed E-state index contributed by atoms with van der Waals surface area (Å²) in [6, 6.07) is 17.5. The number of fused-ring (bicyclic) bond motifs is 3. The van der Waals surface area contributed by atoms with Gasteiger partial charge in [0.25, 0.3) is 0 Å². The van der Waals surface area contributed by atoms with Gasteiger partial charge in [0.2, 0.25) is 0 Å². The Kier molecular flexibility index (Phi) is 4.24. The van der Waals surface area contributed by atoms with Crippen molar-refractivity contribution in [3.63, 3.8) is 0 Å². The molecule has 2 aromatic rings. The predicted molar refractivity (Wildman–Crippen MR) is 98.2 cm³/mol. The Labute approximate surface area is 144 Å². The number of carbonyl (C=O) groups excluding carboxylic acids is 1. The molecule has 4 rings (SSSR count). The van der Waals surface area contributed by atoms with Crippen LogP contribution >= 0.6 is 0 Å². The molecule has 0 N–H and O–H groups in total. The zero-order chi connectivity index (χ0) is 16.5. The van der Waals surface area contributed by atoms with Crippen molar-refractivity contribution in [2.45, 2.75) is 44.1 Å². The standard InChI is InChI=1S/C22H25NO/c1-23-15-7-6-12-21(23)22(24)14-13-20-18-10-4-2-8-16(18)17-9-3-5-11-19(17)20/h2-5,8-11,20-21H,6-7,12-15H2,1H3/t21-/m1/s1. The van der Waals surface area contributed by atoms with E-state index in [1.54, 1.807) is 0 Å². The smallest absolute Gasteiger partial charge is 0.149 e. The van der Waals surface area contributed by atoms with Crippen molar-refractivity contribution < 1.29 is 4.79 Å². The highest BCUT2D eigenvalue weighted by molar-refractivity contribution is 5.85. The summed E-state index contributed by atoms with van der Waals surface area (Å²) in [7, 11) is 2.10. The van der Waals surface area contributed by atoms with Crippen LogP contribution in [0.3, 0.4) is 0 Å². The monoisotopic (exact) mass is 319 g/mol. The molecule has 1 atom stereocenters. The average molecular weight is 319 g/mol. The van der Waals surface area contributed by atoms with E-state index in [2.05, 4.69) is 60.5 Å². The predicted octanol–water partition coefficient (Wildman–Crippen LogP) is 4.63. The maximum Gasteiger partial charge on any atom is 0.149 e. The van der Waals surface area contributed by atoms with Crippen molar-refractivity contribution in [1.29, 1.82) is 0 Å².